The fourth-order valence-corrected chi connectivity index (χ4v) is 5.35. The molecule has 0 heterocycles. The van der Waals surface area contributed by atoms with E-state index < -0.39 is 19.7 Å². The van der Waals surface area contributed by atoms with E-state index in [4.69, 9.17) is 0 Å². The minimum absolute atomic E-state index is 0.0130. The molecule has 2 rings (SSSR count). The highest BCUT2D eigenvalue weighted by molar-refractivity contribution is 7.99. The van der Waals surface area contributed by atoms with Gasteiger partial charge in [0, 0.05) is 23.2 Å². The second kappa shape index (κ2) is 6.90. The van der Waals surface area contributed by atoms with Crippen molar-refractivity contribution < 1.29 is 16.8 Å². The summed E-state index contributed by atoms with van der Waals surface area (Å²) in [5.41, 5.74) is 3.42. The molecule has 2 aromatic carbocycles. The van der Waals surface area contributed by atoms with E-state index in [1.165, 1.54) is 23.9 Å². The molecule has 2 aromatic rings. The number of benzene rings is 2. The second-order valence-corrected chi connectivity index (χ2v) is 10.9. The van der Waals surface area contributed by atoms with E-state index >= 15 is 0 Å². The predicted molar refractivity (Wildman–Crippen MR) is 98.1 cm³/mol. The predicted octanol–water partition coefficient (Wildman–Crippen LogP) is 3.40. The number of rotatable bonds is 5. The molecule has 0 aliphatic rings. The molecule has 0 amide bonds. The van der Waals surface area contributed by atoms with Gasteiger partial charge in [-0.05, 0) is 43.2 Å². The Bertz CT molecular complexity index is 975. The van der Waals surface area contributed by atoms with Crippen LogP contribution in [0, 0.1) is 13.8 Å². The Morgan fingerprint density at radius 3 is 2.12 bits per heavy atom. The molecule has 0 saturated heterocycles. The van der Waals surface area contributed by atoms with Crippen molar-refractivity contribution in [2.45, 2.75) is 34.3 Å². The van der Waals surface area contributed by atoms with Crippen LogP contribution in [0.5, 0.6) is 0 Å². The molecule has 0 aliphatic carbocycles. The van der Waals surface area contributed by atoms with Crippen LogP contribution in [-0.4, -0.2) is 29.3 Å². The van der Waals surface area contributed by atoms with Gasteiger partial charge < -0.3 is 0 Å². The average molecular weight is 385 g/mol. The van der Waals surface area contributed by atoms with E-state index in [0.717, 1.165) is 29.2 Å². The summed E-state index contributed by atoms with van der Waals surface area (Å²) in [6.07, 6.45) is 2.16. The van der Waals surface area contributed by atoms with E-state index in [2.05, 4.69) is 6.07 Å². The van der Waals surface area contributed by atoms with Crippen LogP contribution < -0.4 is 0 Å². The van der Waals surface area contributed by atoms with Crippen molar-refractivity contribution >= 4 is 31.4 Å². The average Bonchev–Trinajstić information content (AvgIpc) is 2.46. The van der Waals surface area contributed by atoms with E-state index in [1.807, 2.05) is 26.0 Å². The van der Waals surface area contributed by atoms with Gasteiger partial charge in [0.25, 0.3) is 0 Å². The summed E-state index contributed by atoms with van der Waals surface area (Å²) in [4.78, 5) is 0.630. The van der Waals surface area contributed by atoms with Gasteiger partial charge in [-0.1, -0.05) is 23.8 Å². The normalized spacial score (nSPS) is 12.3. The van der Waals surface area contributed by atoms with Gasteiger partial charge in [-0.2, -0.15) is 0 Å². The highest BCUT2D eigenvalue weighted by Crippen LogP contribution is 2.32. The van der Waals surface area contributed by atoms with Gasteiger partial charge in [0.05, 0.1) is 9.79 Å². The standard InChI is InChI=1S/C17H20O4S3/c1-12-5-6-13(2)14(9-12)11-22-16-8-7-15(23(3,18)19)10-17(16)24(4,20)21/h5-10H,11H2,1-4H3. The first-order valence-corrected chi connectivity index (χ1v) is 12.0. The largest absolute Gasteiger partial charge is 0.224 e. The van der Waals surface area contributed by atoms with Crippen molar-refractivity contribution in [1.29, 1.82) is 0 Å². The van der Waals surface area contributed by atoms with Crippen LogP contribution in [0.1, 0.15) is 16.7 Å². The van der Waals surface area contributed by atoms with E-state index in [1.54, 1.807) is 6.07 Å². The lowest BCUT2D eigenvalue weighted by Gasteiger charge is -2.11. The topological polar surface area (TPSA) is 68.3 Å². The maximum absolute atomic E-state index is 12.1. The first kappa shape index (κ1) is 19.0. The Balaban J connectivity index is 2.42. The molecule has 24 heavy (non-hydrogen) atoms. The van der Waals surface area contributed by atoms with Crippen LogP contribution in [0.3, 0.4) is 0 Å². The minimum atomic E-state index is -3.52. The van der Waals surface area contributed by atoms with Crippen molar-refractivity contribution in [3.63, 3.8) is 0 Å². The van der Waals surface area contributed by atoms with Gasteiger partial charge in [0.15, 0.2) is 19.7 Å². The van der Waals surface area contributed by atoms with Crippen LogP contribution in [0.4, 0.5) is 0 Å². The molecule has 0 spiro atoms. The molecular weight excluding hydrogens is 364 g/mol. The first-order valence-electron chi connectivity index (χ1n) is 7.21. The molecule has 0 radical (unpaired) electrons. The summed E-state index contributed by atoms with van der Waals surface area (Å²) < 4.78 is 47.5. The number of hydrogen-bond donors (Lipinski definition) is 0. The summed E-state index contributed by atoms with van der Waals surface area (Å²) in [6, 6.07) is 10.4. The van der Waals surface area contributed by atoms with Gasteiger partial charge in [0.1, 0.15) is 0 Å². The van der Waals surface area contributed by atoms with Gasteiger partial charge in [-0.3, -0.25) is 0 Å². The summed E-state index contributed by atoms with van der Waals surface area (Å²) in [7, 11) is -6.98. The van der Waals surface area contributed by atoms with Gasteiger partial charge in [-0.15, -0.1) is 11.8 Å². The number of hydrogen-bond acceptors (Lipinski definition) is 5. The van der Waals surface area contributed by atoms with Crippen molar-refractivity contribution in [2.24, 2.45) is 0 Å². The molecule has 0 aromatic heterocycles. The quantitative estimate of drug-likeness (QED) is 0.739. The van der Waals surface area contributed by atoms with Crippen LogP contribution in [0.15, 0.2) is 51.1 Å². The summed E-state index contributed by atoms with van der Waals surface area (Å²) in [6.45, 7) is 4.02. The molecule has 4 nitrogen and oxygen atoms in total. The minimum Gasteiger partial charge on any atom is -0.224 e. The van der Waals surface area contributed by atoms with Crippen LogP contribution in [-0.2, 0) is 25.4 Å². The van der Waals surface area contributed by atoms with Crippen molar-refractivity contribution in [2.75, 3.05) is 12.5 Å². The fraction of sp³-hybridized carbons (Fsp3) is 0.294. The first-order chi connectivity index (χ1) is 11.0. The molecule has 0 unspecified atom stereocenters. The third-order valence-corrected chi connectivity index (χ3v) is 7.13. The molecular formula is C17H20O4S3. The summed E-state index contributed by atoms with van der Waals surface area (Å²) in [5, 5.41) is 0. The molecule has 0 saturated carbocycles. The van der Waals surface area contributed by atoms with Crippen molar-refractivity contribution in [3.8, 4) is 0 Å². The lowest BCUT2D eigenvalue weighted by molar-refractivity contribution is 0.598. The van der Waals surface area contributed by atoms with Gasteiger partial charge in [0.2, 0.25) is 0 Å². The second-order valence-electron chi connectivity index (χ2n) is 5.87. The van der Waals surface area contributed by atoms with Crippen molar-refractivity contribution in [3.05, 3.63) is 53.1 Å². The van der Waals surface area contributed by atoms with Crippen LogP contribution in [0.25, 0.3) is 0 Å². The maximum atomic E-state index is 12.1. The zero-order valence-corrected chi connectivity index (χ0v) is 16.5. The zero-order chi connectivity index (χ0) is 18.1. The molecule has 0 N–H and O–H groups in total. The summed E-state index contributed by atoms with van der Waals surface area (Å²) >= 11 is 1.40. The third-order valence-electron chi connectivity index (χ3n) is 3.63. The molecule has 7 heteroatoms. The number of aryl methyl sites for hydroxylation is 2. The van der Waals surface area contributed by atoms with E-state index in [0.29, 0.717) is 10.6 Å². The SMILES string of the molecule is Cc1ccc(C)c(CSc2ccc(S(C)(=O)=O)cc2S(C)(=O)=O)c1. The van der Waals surface area contributed by atoms with Gasteiger partial charge >= 0.3 is 0 Å². The number of sulfone groups is 2. The summed E-state index contributed by atoms with van der Waals surface area (Å²) in [5.74, 6) is 0.619. The molecule has 0 atom stereocenters. The van der Waals surface area contributed by atoms with Crippen LogP contribution in [0.2, 0.25) is 0 Å². The lowest BCUT2D eigenvalue weighted by Crippen LogP contribution is -2.04. The Hall–Kier alpha value is -1.31. The highest BCUT2D eigenvalue weighted by Gasteiger charge is 2.18. The molecule has 130 valence electrons. The Morgan fingerprint density at radius 2 is 1.54 bits per heavy atom. The van der Waals surface area contributed by atoms with E-state index in [9.17, 15) is 16.8 Å². The fourth-order valence-electron chi connectivity index (χ4n) is 2.24. The highest BCUT2D eigenvalue weighted by atomic mass is 32.2. The van der Waals surface area contributed by atoms with Crippen LogP contribution >= 0.6 is 11.8 Å². The van der Waals surface area contributed by atoms with Crippen molar-refractivity contribution in [1.82, 2.24) is 0 Å². The third kappa shape index (κ3) is 4.62. The van der Waals surface area contributed by atoms with E-state index in [-0.39, 0.29) is 9.79 Å². The lowest BCUT2D eigenvalue weighted by atomic mass is 10.1. The number of thioether (sulfide) groups is 1. The molecule has 0 fully saturated rings. The Kier molecular flexibility index (Phi) is 5.47. The van der Waals surface area contributed by atoms with Gasteiger partial charge in [-0.25, -0.2) is 16.8 Å². The molecule has 0 aliphatic heterocycles. The monoisotopic (exact) mass is 384 g/mol. The molecule has 0 bridgehead atoms. The smallest absolute Gasteiger partial charge is 0.176 e. The Morgan fingerprint density at radius 1 is 0.875 bits per heavy atom. The maximum Gasteiger partial charge on any atom is 0.176 e. The zero-order valence-electron chi connectivity index (χ0n) is 14.0. The Labute approximate surface area is 148 Å².